The zero-order valence-electron chi connectivity index (χ0n) is 16.6. The number of aliphatic imine (C=N–C) groups is 1. The highest BCUT2D eigenvalue weighted by molar-refractivity contribution is 14.0. The maximum Gasteiger partial charge on any atom is 0.193 e. The summed E-state index contributed by atoms with van der Waals surface area (Å²) in [6.45, 7) is 3.71. The lowest BCUT2D eigenvalue weighted by atomic mass is 9.96. The normalized spacial score (nSPS) is 16.9. The van der Waals surface area contributed by atoms with E-state index in [0.717, 1.165) is 38.2 Å². The molecular formula is C20H35IN4O. The Bertz CT molecular complexity index is 518. The summed E-state index contributed by atoms with van der Waals surface area (Å²) < 4.78 is 5.45. The molecule has 1 N–H and O–H groups in total. The molecule has 5 nitrogen and oxygen atoms in total. The Morgan fingerprint density at radius 3 is 2.42 bits per heavy atom. The molecule has 0 saturated carbocycles. The zero-order chi connectivity index (χ0) is 18.1. The third-order valence-electron chi connectivity index (χ3n) is 5.05. The largest absolute Gasteiger partial charge is 0.381 e. The number of ether oxygens (including phenoxy) is 1. The Kier molecular flexibility index (Phi) is 11.2. The second kappa shape index (κ2) is 12.5. The summed E-state index contributed by atoms with van der Waals surface area (Å²) >= 11 is 0. The van der Waals surface area contributed by atoms with E-state index >= 15 is 0 Å². The minimum Gasteiger partial charge on any atom is -0.381 e. The molecule has 0 amide bonds. The molecular weight excluding hydrogens is 439 g/mol. The molecule has 6 heteroatoms. The number of hydrogen-bond donors (Lipinski definition) is 1. The molecule has 0 bridgehead atoms. The fourth-order valence-electron chi connectivity index (χ4n) is 3.36. The molecule has 0 aliphatic carbocycles. The second-order valence-corrected chi connectivity index (χ2v) is 7.08. The maximum atomic E-state index is 5.45. The van der Waals surface area contributed by atoms with Crippen molar-refractivity contribution >= 4 is 29.9 Å². The van der Waals surface area contributed by atoms with Crippen molar-refractivity contribution in [2.75, 3.05) is 54.5 Å². The highest BCUT2D eigenvalue weighted by atomic mass is 127. The highest BCUT2D eigenvalue weighted by Gasteiger charge is 2.17. The van der Waals surface area contributed by atoms with Gasteiger partial charge in [0.2, 0.25) is 0 Å². The fourth-order valence-corrected chi connectivity index (χ4v) is 3.36. The van der Waals surface area contributed by atoms with Crippen molar-refractivity contribution in [1.82, 2.24) is 15.1 Å². The SMILES string of the molecule is CN=C(NCC(c1ccccc1)N(C)C)N(C)CCC1CCOCC1.I. The van der Waals surface area contributed by atoms with Gasteiger partial charge in [0.25, 0.3) is 0 Å². The van der Waals surface area contributed by atoms with Crippen molar-refractivity contribution in [2.24, 2.45) is 10.9 Å². The third-order valence-corrected chi connectivity index (χ3v) is 5.05. The summed E-state index contributed by atoms with van der Waals surface area (Å²) in [5, 5.41) is 3.55. The Hall–Kier alpha value is -0.860. The van der Waals surface area contributed by atoms with Crippen LogP contribution in [0.5, 0.6) is 0 Å². The number of nitrogens with zero attached hydrogens (tertiary/aromatic N) is 3. The van der Waals surface area contributed by atoms with Gasteiger partial charge in [0.1, 0.15) is 0 Å². The zero-order valence-corrected chi connectivity index (χ0v) is 19.0. The van der Waals surface area contributed by atoms with Crippen LogP contribution in [0, 0.1) is 5.92 Å². The number of guanidine groups is 1. The number of halogens is 1. The van der Waals surface area contributed by atoms with Gasteiger partial charge in [-0.1, -0.05) is 30.3 Å². The Balaban J connectivity index is 0.00000338. The molecule has 1 heterocycles. The molecule has 0 spiro atoms. The molecule has 2 rings (SSSR count). The Morgan fingerprint density at radius 2 is 1.85 bits per heavy atom. The van der Waals surface area contributed by atoms with Gasteiger partial charge in [0.15, 0.2) is 5.96 Å². The summed E-state index contributed by atoms with van der Waals surface area (Å²) in [5.74, 6) is 1.75. The lowest BCUT2D eigenvalue weighted by Crippen LogP contribution is -2.43. The standard InChI is InChI=1S/C20H34N4O.HI/c1-21-20(24(4)13-10-17-11-14-25-15-12-17)22-16-19(23(2)3)18-8-6-5-7-9-18;/h5-9,17,19H,10-16H2,1-4H3,(H,21,22);1H. The van der Waals surface area contributed by atoms with Gasteiger partial charge in [0.05, 0.1) is 6.04 Å². The number of benzene rings is 1. The summed E-state index contributed by atoms with van der Waals surface area (Å²) in [6.07, 6.45) is 3.59. The number of rotatable bonds is 7. The van der Waals surface area contributed by atoms with Gasteiger partial charge in [-0.15, -0.1) is 24.0 Å². The average molecular weight is 474 g/mol. The maximum absolute atomic E-state index is 5.45. The molecule has 1 unspecified atom stereocenters. The molecule has 1 saturated heterocycles. The van der Waals surface area contributed by atoms with Gasteiger partial charge in [-0.25, -0.2) is 0 Å². The van der Waals surface area contributed by atoms with Crippen LogP contribution in [0.15, 0.2) is 35.3 Å². The molecule has 26 heavy (non-hydrogen) atoms. The third kappa shape index (κ3) is 7.40. The summed E-state index contributed by atoms with van der Waals surface area (Å²) in [5.41, 5.74) is 1.32. The molecule has 0 radical (unpaired) electrons. The van der Waals surface area contributed by atoms with E-state index in [4.69, 9.17) is 4.74 Å². The van der Waals surface area contributed by atoms with Gasteiger partial charge in [0, 0.05) is 40.4 Å². The van der Waals surface area contributed by atoms with Crippen LogP contribution in [0.3, 0.4) is 0 Å². The van der Waals surface area contributed by atoms with Gasteiger partial charge in [-0.05, 0) is 44.8 Å². The minimum atomic E-state index is 0. The first kappa shape index (κ1) is 23.2. The first-order valence-corrected chi connectivity index (χ1v) is 9.32. The van der Waals surface area contributed by atoms with E-state index in [1.54, 1.807) is 0 Å². The molecule has 1 aliphatic heterocycles. The summed E-state index contributed by atoms with van der Waals surface area (Å²) in [4.78, 5) is 8.96. The topological polar surface area (TPSA) is 40.1 Å². The van der Waals surface area contributed by atoms with Gasteiger partial charge in [-0.3, -0.25) is 4.99 Å². The summed E-state index contributed by atoms with van der Waals surface area (Å²) in [7, 11) is 8.23. The van der Waals surface area contributed by atoms with Gasteiger partial charge in [-0.2, -0.15) is 0 Å². The monoisotopic (exact) mass is 474 g/mol. The second-order valence-electron chi connectivity index (χ2n) is 7.08. The molecule has 1 aromatic carbocycles. The van der Waals surface area contributed by atoms with E-state index in [1.165, 1.54) is 24.8 Å². The Morgan fingerprint density at radius 1 is 1.19 bits per heavy atom. The van der Waals surface area contributed by atoms with Crippen LogP contribution < -0.4 is 5.32 Å². The predicted molar refractivity (Wildman–Crippen MR) is 120 cm³/mol. The number of likely N-dealkylation sites (N-methyl/N-ethyl adjacent to an activating group) is 1. The lowest BCUT2D eigenvalue weighted by Gasteiger charge is -2.29. The summed E-state index contributed by atoms with van der Waals surface area (Å²) in [6, 6.07) is 10.9. The van der Waals surface area contributed by atoms with E-state index in [0.29, 0.717) is 6.04 Å². The Labute approximate surface area is 176 Å². The van der Waals surface area contributed by atoms with Crippen molar-refractivity contribution in [3.63, 3.8) is 0 Å². The van der Waals surface area contributed by atoms with Crippen LogP contribution in [0.2, 0.25) is 0 Å². The number of nitrogens with one attached hydrogen (secondary N) is 1. The van der Waals surface area contributed by atoms with Crippen LogP contribution in [-0.4, -0.2) is 70.3 Å². The predicted octanol–water partition coefficient (Wildman–Crippen LogP) is 3.23. The van der Waals surface area contributed by atoms with E-state index in [1.807, 2.05) is 7.05 Å². The van der Waals surface area contributed by atoms with E-state index in [-0.39, 0.29) is 24.0 Å². The first-order chi connectivity index (χ1) is 12.1. The fraction of sp³-hybridized carbons (Fsp3) is 0.650. The van der Waals surface area contributed by atoms with Crippen LogP contribution in [0.1, 0.15) is 30.9 Å². The molecule has 1 fully saturated rings. The van der Waals surface area contributed by atoms with Crippen LogP contribution in [-0.2, 0) is 4.74 Å². The molecule has 148 valence electrons. The van der Waals surface area contributed by atoms with Crippen molar-refractivity contribution in [3.05, 3.63) is 35.9 Å². The molecule has 1 aliphatic rings. The van der Waals surface area contributed by atoms with Crippen molar-refractivity contribution in [1.29, 1.82) is 0 Å². The average Bonchev–Trinajstić information content (AvgIpc) is 2.64. The van der Waals surface area contributed by atoms with E-state index in [9.17, 15) is 0 Å². The highest BCUT2D eigenvalue weighted by Crippen LogP contribution is 2.19. The first-order valence-electron chi connectivity index (χ1n) is 9.32. The lowest BCUT2D eigenvalue weighted by molar-refractivity contribution is 0.0625. The van der Waals surface area contributed by atoms with Crippen LogP contribution in [0.4, 0.5) is 0 Å². The smallest absolute Gasteiger partial charge is 0.193 e. The van der Waals surface area contributed by atoms with Crippen molar-refractivity contribution in [3.8, 4) is 0 Å². The minimum absolute atomic E-state index is 0. The van der Waals surface area contributed by atoms with Gasteiger partial charge >= 0.3 is 0 Å². The van der Waals surface area contributed by atoms with E-state index in [2.05, 4.69) is 71.6 Å². The van der Waals surface area contributed by atoms with Crippen LogP contribution >= 0.6 is 24.0 Å². The quantitative estimate of drug-likeness (QED) is 0.374. The van der Waals surface area contributed by atoms with Crippen molar-refractivity contribution < 1.29 is 4.74 Å². The number of hydrogen-bond acceptors (Lipinski definition) is 3. The molecule has 1 atom stereocenters. The van der Waals surface area contributed by atoms with Crippen LogP contribution in [0.25, 0.3) is 0 Å². The van der Waals surface area contributed by atoms with Crippen molar-refractivity contribution in [2.45, 2.75) is 25.3 Å². The van der Waals surface area contributed by atoms with E-state index < -0.39 is 0 Å². The molecule has 1 aromatic rings. The molecule has 0 aromatic heterocycles. The van der Waals surface area contributed by atoms with Gasteiger partial charge < -0.3 is 19.9 Å².